The van der Waals surface area contributed by atoms with E-state index in [-0.39, 0.29) is 24.5 Å². The number of ether oxygens (including phenoxy) is 1. The summed E-state index contributed by atoms with van der Waals surface area (Å²) in [6.07, 6.45) is 2.03. The predicted molar refractivity (Wildman–Crippen MR) is 105 cm³/mol. The van der Waals surface area contributed by atoms with E-state index in [1.54, 1.807) is 24.3 Å². The summed E-state index contributed by atoms with van der Waals surface area (Å²) >= 11 is 0. The third kappa shape index (κ3) is 4.26. The summed E-state index contributed by atoms with van der Waals surface area (Å²) in [5.74, 6) is 0.155. The molecular weight excluding hydrogens is 340 g/mol. The van der Waals surface area contributed by atoms with Crippen LogP contribution in [0.2, 0.25) is 0 Å². The monoisotopic (exact) mass is 360 g/mol. The molecule has 0 saturated heterocycles. The van der Waals surface area contributed by atoms with E-state index in [4.69, 9.17) is 4.74 Å². The second-order valence-electron chi connectivity index (χ2n) is 6.64. The van der Waals surface area contributed by atoms with Crippen LogP contribution in [0.15, 0.2) is 66.7 Å². The molecule has 0 radical (unpaired) electrons. The van der Waals surface area contributed by atoms with Crippen molar-refractivity contribution in [1.82, 2.24) is 5.32 Å². The van der Waals surface area contributed by atoms with Gasteiger partial charge in [0.25, 0.3) is 11.8 Å². The molecule has 1 saturated carbocycles. The summed E-state index contributed by atoms with van der Waals surface area (Å²) < 4.78 is 5.61. The van der Waals surface area contributed by atoms with Crippen molar-refractivity contribution >= 4 is 28.3 Å². The lowest BCUT2D eigenvalue weighted by Crippen LogP contribution is -2.27. The SMILES string of the molecule is O=C(COc1ccc2ccccc2c1)Nc1ccccc1C(=O)NC1CC1. The highest BCUT2D eigenvalue weighted by Gasteiger charge is 2.25. The number of amides is 2. The Morgan fingerprint density at radius 3 is 2.48 bits per heavy atom. The lowest BCUT2D eigenvalue weighted by atomic mass is 10.1. The number of hydrogen-bond donors (Lipinski definition) is 2. The van der Waals surface area contributed by atoms with E-state index in [9.17, 15) is 9.59 Å². The van der Waals surface area contributed by atoms with Gasteiger partial charge in [0.05, 0.1) is 11.3 Å². The molecule has 1 fully saturated rings. The van der Waals surface area contributed by atoms with Crippen LogP contribution in [-0.4, -0.2) is 24.5 Å². The molecule has 5 nitrogen and oxygen atoms in total. The van der Waals surface area contributed by atoms with Gasteiger partial charge in [0, 0.05) is 6.04 Å². The Kier molecular flexibility index (Phi) is 4.75. The van der Waals surface area contributed by atoms with E-state index in [1.807, 2.05) is 42.5 Å². The van der Waals surface area contributed by atoms with Crippen molar-refractivity contribution in [3.8, 4) is 5.75 Å². The largest absolute Gasteiger partial charge is 0.484 e. The zero-order chi connectivity index (χ0) is 18.6. The van der Waals surface area contributed by atoms with Crippen LogP contribution >= 0.6 is 0 Å². The molecule has 2 N–H and O–H groups in total. The van der Waals surface area contributed by atoms with Crippen molar-refractivity contribution in [2.45, 2.75) is 18.9 Å². The number of hydrogen-bond acceptors (Lipinski definition) is 3. The quantitative estimate of drug-likeness (QED) is 0.703. The predicted octanol–water partition coefficient (Wildman–Crippen LogP) is 3.75. The fraction of sp³-hybridized carbons (Fsp3) is 0.182. The van der Waals surface area contributed by atoms with E-state index in [1.165, 1.54) is 0 Å². The fourth-order valence-electron chi connectivity index (χ4n) is 2.87. The summed E-state index contributed by atoms with van der Waals surface area (Å²) in [6.45, 7) is -0.128. The van der Waals surface area contributed by atoms with Gasteiger partial charge >= 0.3 is 0 Å². The zero-order valence-corrected chi connectivity index (χ0v) is 14.8. The normalized spacial score (nSPS) is 13.2. The smallest absolute Gasteiger partial charge is 0.262 e. The minimum absolute atomic E-state index is 0.128. The van der Waals surface area contributed by atoms with Gasteiger partial charge in [0.15, 0.2) is 6.61 Å². The average molecular weight is 360 g/mol. The van der Waals surface area contributed by atoms with E-state index in [0.717, 1.165) is 23.6 Å². The van der Waals surface area contributed by atoms with E-state index in [0.29, 0.717) is 17.0 Å². The summed E-state index contributed by atoms with van der Waals surface area (Å²) in [4.78, 5) is 24.6. The highest BCUT2D eigenvalue weighted by molar-refractivity contribution is 6.04. The molecule has 3 aromatic carbocycles. The first-order valence-electron chi connectivity index (χ1n) is 9.00. The molecule has 0 bridgehead atoms. The summed E-state index contributed by atoms with van der Waals surface area (Å²) in [5.41, 5.74) is 0.950. The first kappa shape index (κ1) is 17.1. The first-order chi connectivity index (χ1) is 13.2. The molecule has 1 aliphatic carbocycles. The van der Waals surface area contributed by atoms with Gasteiger partial charge < -0.3 is 15.4 Å². The fourth-order valence-corrected chi connectivity index (χ4v) is 2.87. The number of nitrogens with one attached hydrogen (secondary N) is 2. The van der Waals surface area contributed by atoms with Crippen LogP contribution in [0.3, 0.4) is 0 Å². The molecule has 2 amide bonds. The Labute approximate surface area is 157 Å². The highest BCUT2D eigenvalue weighted by Crippen LogP contribution is 2.22. The van der Waals surface area contributed by atoms with Crippen LogP contribution in [-0.2, 0) is 4.79 Å². The van der Waals surface area contributed by atoms with Crippen molar-refractivity contribution < 1.29 is 14.3 Å². The maximum atomic E-state index is 12.3. The van der Waals surface area contributed by atoms with Crippen LogP contribution in [0, 0.1) is 0 Å². The van der Waals surface area contributed by atoms with Gasteiger partial charge in [0.2, 0.25) is 0 Å². The molecule has 4 rings (SSSR count). The number of rotatable bonds is 6. The topological polar surface area (TPSA) is 67.4 Å². The van der Waals surface area contributed by atoms with Crippen molar-refractivity contribution in [1.29, 1.82) is 0 Å². The van der Waals surface area contributed by atoms with Gasteiger partial charge in [-0.15, -0.1) is 0 Å². The summed E-state index contributed by atoms with van der Waals surface area (Å²) in [7, 11) is 0. The van der Waals surface area contributed by atoms with Gasteiger partial charge in [-0.2, -0.15) is 0 Å². The number of anilines is 1. The molecule has 0 spiro atoms. The lowest BCUT2D eigenvalue weighted by molar-refractivity contribution is -0.118. The summed E-state index contributed by atoms with van der Waals surface area (Å²) in [5, 5.41) is 7.87. The van der Waals surface area contributed by atoms with Gasteiger partial charge in [-0.3, -0.25) is 9.59 Å². The molecule has 3 aromatic rings. The van der Waals surface area contributed by atoms with Crippen LogP contribution in [0.25, 0.3) is 10.8 Å². The van der Waals surface area contributed by atoms with Crippen LogP contribution in [0.4, 0.5) is 5.69 Å². The van der Waals surface area contributed by atoms with Crippen LogP contribution in [0.1, 0.15) is 23.2 Å². The minimum atomic E-state index is -0.310. The second-order valence-corrected chi connectivity index (χ2v) is 6.64. The first-order valence-corrected chi connectivity index (χ1v) is 9.00. The second kappa shape index (κ2) is 7.50. The van der Waals surface area contributed by atoms with Gasteiger partial charge in [-0.05, 0) is 47.9 Å². The number of para-hydroxylation sites is 1. The van der Waals surface area contributed by atoms with Crippen molar-refractivity contribution in [2.24, 2.45) is 0 Å². The zero-order valence-electron chi connectivity index (χ0n) is 14.8. The number of benzene rings is 3. The Balaban J connectivity index is 1.39. The molecule has 0 atom stereocenters. The Morgan fingerprint density at radius 1 is 0.926 bits per heavy atom. The molecule has 0 unspecified atom stereocenters. The van der Waals surface area contributed by atoms with Crippen LogP contribution < -0.4 is 15.4 Å². The van der Waals surface area contributed by atoms with Gasteiger partial charge in [0.1, 0.15) is 5.75 Å². The molecule has 0 aliphatic heterocycles. The molecule has 5 heteroatoms. The maximum absolute atomic E-state index is 12.3. The van der Waals surface area contributed by atoms with E-state index >= 15 is 0 Å². The standard InChI is InChI=1S/C22H20N2O3/c25-21(14-27-18-12-9-15-5-1-2-6-16(15)13-18)24-20-8-4-3-7-19(20)22(26)23-17-10-11-17/h1-9,12-13,17H,10-11,14H2,(H,23,26)(H,24,25). The number of fused-ring (bicyclic) bond motifs is 1. The molecule has 1 aliphatic rings. The molecular formula is C22H20N2O3. The summed E-state index contributed by atoms with van der Waals surface area (Å²) in [6, 6.07) is 20.9. The van der Waals surface area contributed by atoms with Gasteiger partial charge in [-0.1, -0.05) is 42.5 Å². The molecule has 136 valence electrons. The third-order valence-corrected chi connectivity index (χ3v) is 4.45. The number of carbonyl (C=O) groups is 2. The maximum Gasteiger partial charge on any atom is 0.262 e. The average Bonchev–Trinajstić information content (AvgIpc) is 3.50. The molecule has 27 heavy (non-hydrogen) atoms. The number of carbonyl (C=O) groups excluding carboxylic acids is 2. The van der Waals surface area contributed by atoms with Crippen molar-refractivity contribution in [2.75, 3.05) is 11.9 Å². The molecule has 0 aromatic heterocycles. The van der Waals surface area contributed by atoms with E-state index < -0.39 is 0 Å². The van der Waals surface area contributed by atoms with E-state index in [2.05, 4.69) is 10.6 Å². The third-order valence-electron chi connectivity index (χ3n) is 4.45. The Bertz CT molecular complexity index is 996. The highest BCUT2D eigenvalue weighted by atomic mass is 16.5. The minimum Gasteiger partial charge on any atom is -0.484 e. The van der Waals surface area contributed by atoms with Crippen LogP contribution in [0.5, 0.6) is 5.75 Å². The lowest BCUT2D eigenvalue weighted by Gasteiger charge is -2.12. The van der Waals surface area contributed by atoms with Crippen molar-refractivity contribution in [3.63, 3.8) is 0 Å². The Morgan fingerprint density at radius 2 is 1.67 bits per heavy atom. The van der Waals surface area contributed by atoms with Gasteiger partial charge in [-0.25, -0.2) is 0 Å². The van der Waals surface area contributed by atoms with Crippen molar-refractivity contribution in [3.05, 3.63) is 72.3 Å². The Hall–Kier alpha value is -3.34. The molecule has 0 heterocycles.